The number of fused-ring (bicyclic) bond motifs is 3. The smallest absolute Gasteiger partial charge is 0.264 e. The predicted octanol–water partition coefficient (Wildman–Crippen LogP) is 3.41. The van der Waals surface area contributed by atoms with E-state index < -0.39 is 10.0 Å². The molecule has 0 radical (unpaired) electrons. The van der Waals surface area contributed by atoms with E-state index in [9.17, 15) is 13.2 Å². The second-order valence-corrected chi connectivity index (χ2v) is 8.44. The van der Waals surface area contributed by atoms with Gasteiger partial charge in [0.1, 0.15) is 5.78 Å². The number of Topliss-reactive ketones (excluding diaryl/α,β-unsaturated/α-hetero) is 1. The summed E-state index contributed by atoms with van der Waals surface area (Å²) >= 11 is 0. The van der Waals surface area contributed by atoms with E-state index >= 15 is 0 Å². The normalized spacial score (nSPS) is 23.0. The van der Waals surface area contributed by atoms with Gasteiger partial charge in [0.15, 0.2) is 0 Å². The first-order chi connectivity index (χ1) is 11.5. The van der Waals surface area contributed by atoms with Crippen LogP contribution in [0.1, 0.15) is 36.3 Å². The molecule has 0 amide bonds. The summed E-state index contributed by atoms with van der Waals surface area (Å²) in [5.41, 5.74) is 2.79. The number of rotatable bonds is 2. The molecule has 1 aliphatic heterocycles. The van der Waals surface area contributed by atoms with Crippen LogP contribution in [0.2, 0.25) is 0 Å². The summed E-state index contributed by atoms with van der Waals surface area (Å²) in [7, 11) is -3.68. The van der Waals surface area contributed by atoms with Crippen molar-refractivity contribution >= 4 is 21.5 Å². The van der Waals surface area contributed by atoms with E-state index in [0.717, 1.165) is 23.2 Å². The van der Waals surface area contributed by atoms with Gasteiger partial charge in [0, 0.05) is 18.8 Å². The number of carbonyl (C=O) groups is 1. The second kappa shape index (κ2) is 5.45. The predicted molar refractivity (Wildman–Crippen MR) is 92.7 cm³/mol. The van der Waals surface area contributed by atoms with Crippen molar-refractivity contribution in [2.45, 2.75) is 43.0 Å². The third-order valence-electron chi connectivity index (χ3n) is 5.09. The lowest BCUT2D eigenvalue weighted by Gasteiger charge is -2.32. The Labute approximate surface area is 142 Å². The molecule has 2 aromatic carbocycles. The van der Waals surface area contributed by atoms with Crippen molar-refractivity contribution in [1.29, 1.82) is 0 Å². The van der Waals surface area contributed by atoms with Gasteiger partial charge in [-0.2, -0.15) is 0 Å². The van der Waals surface area contributed by atoms with Gasteiger partial charge in [0.2, 0.25) is 0 Å². The minimum Gasteiger partial charge on any atom is -0.300 e. The van der Waals surface area contributed by atoms with Gasteiger partial charge in [0.25, 0.3) is 10.0 Å². The fourth-order valence-corrected chi connectivity index (χ4v) is 5.62. The maximum Gasteiger partial charge on any atom is 0.264 e. The van der Waals surface area contributed by atoms with E-state index in [2.05, 4.69) is 0 Å². The molecule has 0 saturated heterocycles. The Morgan fingerprint density at radius 2 is 1.75 bits per heavy atom. The van der Waals surface area contributed by atoms with E-state index in [1.54, 1.807) is 24.3 Å². The maximum atomic E-state index is 13.3. The first-order valence-corrected chi connectivity index (χ1v) is 9.64. The summed E-state index contributed by atoms with van der Waals surface area (Å²) in [5.74, 6) is 0.257. The highest BCUT2D eigenvalue weighted by molar-refractivity contribution is 7.92. The zero-order chi connectivity index (χ0) is 16.9. The molecule has 5 heteroatoms. The van der Waals surface area contributed by atoms with Gasteiger partial charge >= 0.3 is 0 Å². The van der Waals surface area contributed by atoms with Crippen LogP contribution in [0.3, 0.4) is 0 Å². The zero-order valence-corrected chi connectivity index (χ0v) is 14.3. The van der Waals surface area contributed by atoms with Crippen molar-refractivity contribution in [3.8, 4) is 0 Å². The Kier molecular flexibility index (Phi) is 3.49. The summed E-state index contributed by atoms with van der Waals surface area (Å²) < 4.78 is 28.1. The number of para-hydroxylation sites is 1. The molecule has 1 fully saturated rings. The summed E-state index contributed by atoms with van der Waals surface area (Å²) in [5, 5.41) is 0. The Morgan fingerprint density at radius 1 is 1.04 bits per heavy atom. The molecule has 0 spiro atoms. The van der Waals surface area contributed by atoms with Gasteiger partial charge in [-0.15, -0.1) is 0 Å². The van der Waals surface area contributed by atoms with Crippen LogP contribution in [0.5, 0.6) is 0 Å². The second-order valence-electron chi connectivity index (χ2n) is 6.63. The summed E-state index contributed by atoms with van der Waals surface area (Å²) in [4.78, 5) is 12.3. The van der Waals surface area contributed by atoms with Crippen LogP contribution < -0.4 is 4.31 Å². The van der Waals surface area contributed by atoms with Crippen LogP contribution >= 0.6 is 0 Å². The van der Waals surface area contributed by atoms with E-state index in [0.29, 0.717) is 12.8 Å². The molecule has 4 nitrogen and oxygen atoms in total. The molecule has 1 heterocycles. The lowest BCUT2D eigenvalue weighted by Crippen LogP contribution is -2.42. The molecule has 0 N–H and O–H groups in total. The summed E-state index contributed by atoms with van der Waals surface area (Å²) in [6.07, 6.45) is 1.55. The fraction of sp³-hybridized carbons (Fsp3) is 0.316. The number of hydrogen-bond acceptors (Lipinski definition) is 3. The van der Waals surface area contributed by atoms with Crippen LogP contribution in [-0.4, -0.2) is 20.2 Å². The highest BCUT2D eigenvalue weighted by Gasteiger charge is 2.47. The molecule has 0 unspecified atom stereocenters. The number of anilines is 1. The Bertz CT molecular complexity index is 902. The third kappa shape index (κ3) is 2.26. The van der Waals surface area contributed by atoms with Crippen molar-refractivity contribution < 1.29 is 13.2 Å². The molecule has 2 aromatic rings. The number of aryl methyl sites for hydroxylation is 1. The standard InChI is InChI=1S/C19H19NO3S/c1-13-6-9-15(10-7-13)24(22,23)20-18-5-3-2-4-16(18)17-11-8-14(21)12-19(17)20/h2-7,9-10,17,19H,8,11-12H2,1H3/t17-,19-/m0/s1. The van der Waals surface area contributed by atoms with E-state index in [4.69, 9.17) is 0 Å². The number of sulfonamides is 1. The van der Waals surface area contributed by atoms with Gasteiger partial charge < -0.3 is 0 Å². The maximum absolute atomic E-state index is 13.3. The average molecular weight is 341 g/mol. The molecule has 1 aliphatic carbocycles. The number of benzene rings is 2. The molecule has 0 bridgehead atoms. The molecule has 2 aliphatic rings. The fourth-order valence-electron chi connectivity index (χ4n) is 3.91. The highest BCUT2D eigenvalue weighted by Crippen LogP contribution is 2.49. The lowest BCUT2D eigenvalue weighted by atomic mass is 9.82. The molecule has 124 valence electrons. The minimum atomic E-state index is -3.68. The first kappa shape index (κ1) is 15.4. The molecule has 4 rings (SSSR count). The number of carbonyl (C=O) groups excluding carboxylic acids is 1. The van der Waals surface area contributed by atoms with E-state index in [1.165, 1.54) is 4.31 Å². The largest absolute Gasteiger partial charge is 0.300 e. The van der Waals surface area contributed by atoms with Crippen molar-refractivity contribution in [2.24, 2.45) is 0 Å². The van der Waals surface area contributed by atoms with Crippen LogP contribution in [0.4, 0.5) is 5.69 Å². The third-order valence-corrected chi connectivity index (χ3v) is 6.94. The number of nitrogens with zero attached hydrogens (tertiary/aromatic N) is 1. The van der Waals surface area contributed by atoms with Crippen LogP contribution in [0.25, 0.3) is 0 Å². The summed E-state index contributed by atoms with van der Waals surface area (Å²) in [6.45, 7) is 1.93. The van der Waals surface area contributed by atoms with Gasteiger partial charge in [-0.05, 0) is 37.1 Å². The molecule has 2 atom stereocenters. The Hall–Kier alpha value is -2.14. The van der Waals surface area contributed by atoms with E-state index in [-0.39, 0.29) is 22.6 Å². The molecular weight excluding hydrogens is 322 g/mol. The van der Waals surface area contributed by atoms with Gasteiger partial charge in [-0.1, -0.05) is 35.9 Å². The molecule has 1 saturated carbocycles. The van der Waals surface area contributed by atoms with Crippen LogP contribution in [0.15, 0.2) is 53.4 Å². The first-order valence-electron chi connectivity index (χ1n) is 8.20. The monoisotopic (exact) mass is 341 g/mol. The van der Waals surface area contributed by atoms with Crippen molar-refractivity contribution in [1.82, 2.24) is 0 Å². The topological polar surface area (TPSA) is 54.5 Å². The quantitative estimate of drug-likeness (QED) is 0.841. The van der Waals surface area contributed by atoms with Crippen LogP contribution in [-0.2, 0) is 14.8 Å². The average Bonchev–Trinajstić information content (AvgIpc) is 2.89. The lowest BCUT2D eigenvalue weighted by molar-refractivity contribution is -0.120. The Balaban J connectivity index is 1.86. The molecule has 0 aromatic heterocycles. The number of ketones is 1. The zero-order valence-electron chi connectivity index (χ0n) is 13.5. The highest BCUT2D eigenvalue weighted by atomic mass is 32.2. The number of hydrogen-bond donors (Lipinski definition) is 0. The van der Waals surface area contributed by atoms with Gasteiger partial charge in [-0.25, -0.2) is 8.42 Å². The minimum absolute atomic E-state index is 0.110. The van der Waals surface area contributed by atoms with Gasteiger partial charge in [0.05, 0.1) is 16.6 Å². The Morgan fingerprint density at radius 3 is 2.50 bits per heavy atom. The van der Waals surface area contributed by atoms with Crippen molar-refractivity contribution in [2.75, 3.05) is 4.31 Å². The summed E-state index contributed by atoms with van der Waals surface area (Å²) in [6, 6.07) is 14.2. The van der Waals surface area contributed by atoms with Crippen molar-refractivity contribution in [3.63, 3.8) is 0 Å². The molecular formula is C19H19NO3S. The molecule has 24 heavy (non-hydrogen) atoms. The van der Waals surface area contributed by atoms with Crippen LogP contribution in [0, 0.1) is 6.92 Å². The van der Waals surface area contributed by atoms with Crippen molar-refractivity contribution in [3.05, 3.63) is 59.7 Å². The van der Waals surface area contributed by atoms with E-state index in [1.807, 2.05) is 31.2 Å². The van der Waals surface area contributed by atoms with Gasteiger partial charge in [-0.3, -0.25) is 9.10 Å². The SMILES string of the molecule is Cc1ccc(S(=O)(=O)N2c3ccccc3[C@@H]3CCC(=O)C[C@@H]32)cc1.